The van der Waals surface area contributed by atoms with E-state index in [2.05, 4.69) is 46.7 Å². The minimum absolute atomic E-state index is 0.132. The second kappa shape index (κ2) is 7.84. The molecule has 0 bridgehead atoms. The molecule has 0 aliphatic rings. The van der Waals surface area contributed by atoms with E-state index in [9.17, 15) is 4.39 Å². The van der Waals surface area contributed by atoms with Gasteiger partial charge in [-0.2, -0.15) is 0 Å². The van der Waals surface area contributed by atoms with Crippen molar-refractivity contribution >= 4 is 22.6 Å². The lowest BCUT2D eigenvalue weighted by molar-refractivity contribution is 0.457. The SMILES string of the molecule is CCCNC(c1ccc(F)cc1I)C(C)c1ccccn1. The first kappa shape index (κ1) is 16.4. The molecule has 2 nitrogen and oxygen atoms in total. The molecule has 0 amide bonds. The van der Waals surface area contributed by atoms with Crippen LogP contribution in [0.4, 0.5) is 4.39 Å². The zero-order chi connectivity index (χ0) is 15.2. The summed E-state index contributed by atoms with van der Waals surface area (Å²) in [6.45, 7) is 5.23. The highest BCUT2D eigenvalue weighted by Crippen LogP contribution is 2.32. The average molecular weight is 398 g/mol. The highest BCUT2D eigenvalue weighted by molar-refractivity contribution is 14.1. The minimum Gasteiger partial charge on any atom is -0.309 e. The Morgan fingerprint density at radius 3 is 2.71 bits per heavy atom. The monoisotopic (exact) mass is 398 g/mol. The maximum Gasteiger partial charge on any atom is 0.124 e. The lowest BCUT2D eigenvalue weighted by Crippen LogP contribution is -2.28. The number of rotatable bonds is 6. The van der Waals surface area contributed by atoms with E-state index in [-0.39, 0.29) is 17.8 Å². The van der Waals surface area contributed by atoms with Gasteiger partial charge in [0.2, 0.25) is 0 Å². The topological polar surface area (TPSA) is 24.9 Å². The second-order valence-corrected chi connectivity index (χ2v) is 6.30. The van der Waals surface area contributed by atoms with Crippen molar-refractivity contribution in [1.29, 1.82) is 0 Å². The van der Waals surface area contributed by atoms with Crippen molar-refractivity contribution in [2.75, 3.05) is 6.54 Å². The van der Waals surface area contributed by atoms with Crippen molar-refractivity contribution in [3.8, 4) is 0 Å². The van der Waals surface area contributed by atoms with Crippen LogP contribution in [-0.2, 0) is 0 Å². The van der Waals surface area contributed by atoms with Gasteiger partial charge in [-0.15, -0.1) is 0 Å². The van der Waals surface area contributed by atoms with E-state index in [0.717, 1.165) is 27.8 Å². The van der Waals surface area contributed by atoms with Crippen LogP contribution in [0.1, 0.15) is 43.5 Å². The molecule has 0 radical (unpaired) electrons. The third-order valence-corrected chi connectivity index (χ3v) is 4.50. The molecule has 1 aromatic carbocycles. The van der Waals surface area contributed by atoms with Crippen LogP contribution in [-0.4, -0.2) is 11.5 Å². The summed E-state index contributed by atoms with van der Waals surface area (Å²) in [5, 5.41) is 3.58. The number of nitrogens with zero attached hydrogens (tertiary/aromatic N) is 1. The van der Waals surface area contributed by atoms with Gasteiger partial charge in [-0.3, -0.25) is 4.98 Å². The molecule has 0 aliphatic carbocycles. The van der Waals surface area contributed by atoms with Gasteiger partial charge in [0.05, 0.1) is 0 Å². The number of nitrogens with one attached hydrogen (secondary N) is 1. The summed E-state index contributed by atoms with van der Waals surface area (Å²) in [6, 6.07) is 11.1. The van der Waals surface area contributed by atoms with Gasteiger partial charge in [0, 0.05) is 27.4 Å². The van der Waals surface area contributed by atoms with Crippen molar-refractivity contribution < 1.29 is 4.39 Å². The van der Waals surface area contributed by atoms with E-state index in [0.29, 0.717) is 0 Å². The Balaban J connectivity index is 2.33. The molecule has 0 saturated heterocycles. The summed E-state index contributed by atoms with van der Waals surface area (Å²) >= 11 is 2.21. The summed E-state index contributed by atoms with van der Waals surface area (Å²) < 4.78 is 14.3. The average Bonchev–Trinajstić information content (AvgIpc) is 2.50. The minimum atomic E-state index is -0.192. The molecule has 2 atom stereocenters. The first-order chi connectivity index (χ1) is 10.1. The molecule has 112 valence electrons. The Bertz CT molecular complexity index is 574. The molecule has 2 unspecified atom stereocenters. The fourth-order valence-corrected chi connectivity index (χ4v) is 3.24. The molecule has 0 aliphatic heterocycles. The Morgan fingerprint density at radius 2 is 2.10 bits per heavy atom. The second-order valence-electron chi connectivity index (χ2n) is 5.14. The van der Waals surface area contributed by atoms with Gasteiger partial charge in [0.15, 0.2) is 0 Å². The molecule has 2 aromatic rings. The molecule has 0 saturated carbocycles. The largest absolute Gasteiger partial charge is 0.309 e. The highest BCUT2D eigenvalue weighted by atomic mass is 127. The van der Waals surface area contributed by atoms with Crippen molar-refractivity contribution in [3.63, 3.8) is 0 Å². The molecule has 0 fully saturated rings. The van der Waals surface area contributed by atoms with Gasteiger partial charge in [0.1, 0.15) is 5.82 Å². The van der Waals surface area contributed by atoms with Crippen LogP contribution in [0.15, 0.2) is 42.6 Å². The van der Waals surface area contributed by atoms with Gasteiger partial charge >= 0.3 is 0 Å². The van der Waals surface area contributed by atoms with E-state index < -0.39 is 0 Å². The number of hydrogen-bond acceptors (Lipinski definition) is 2. The maximum absolute atomic E-state index is 13.3. The van der Waals surface area contributed by atoms with Crippen molar-refractivity contribution in [2.45, 2.75) is 32.2 Å². The van der Waals surface area contributed by atoms with Gasteiger partial charge in [-0.05, 0) is 65.4 Å². The quantitative estimate of drug-likeness (QED) is 0.716. The molecular formula is C17H20FIN2. The Labute approximate surface area is 139 Å². The normalized spacial score (nSPS) is 13.9. The molecule has 1 heterocycles. The maximum atomic E-state index is 13.3. The highest BCUT2D eigenvalue weighted by Gasteiger charge is 2.23. The van der Waals surface area contributed by atoms with Crippen LogP contribution in [0.25, 0.3) is 0 Å². The van der Waals surface area contributed by atoms with Gasteiger partial charge < -0.3 is 5.32 Å². The Morgan fingerprint density at radius 1 is 1.29 bits per heavy atom. The van der Waals surface area contributed by atoms with E-state index in [4.69, 9.17) is 0 Å². The van der Waals surface area contributed by atoms with Crippen LogP contribution < -0.4 is 5.32 Å². The molecule has 1 aromatic heterocycles. The molecule has 0 spiro atoms. The molecule has 2 rings (SSSR count). The molecule has 21 heavy (non-hydrogen) atoms. The first-order valence-electron chi connectivity index (χ1n) is 7.22. The number of aromatic nitrogens is 1. The van der Waals surface area contributed by atoms with E-state index >= 15 is 0 Å². The first-order valence-corrected chi connectivity index (χ1v) is 8.30. The Kier molecular flexibility index (Phi) is 6.11. The fraction of sp³-hybridized carbons (Fsp3) is 0.353. The van der Waals surface area contributed by atoms with Gasteiger partial charge in [0.25, 0.3) is 0 Å². The zero-order valence-corrected chi connectivity index (χ0v) is 14.5. The predicted molar refractivity (Wildman–Crippen MR) is 92.8 cm³/mol. The standard InChI is InChI=1S/C17H20FIN2/c1-3-9-21-17(12(2)16-6-4-5-10-20-16)14-8-7-13(18)11-15(14)19/h4-8,10-12,17,21H,3,9H2,1-2H3. The summed E-state index contributed by atoms with van der Waals surface area (Å²) in [5.41, 5.74) is 2.18. The van der Waals surface area contributed by atoms with Crippen LogP contribution >= 0.6 is 22.6 Å². The van der Waals surface area contributed by atoms with Crippen molar-refractivity contribution in [2.24, 2.45) is 0 Å². The summed E-state index contributed by atoms with van der Waals surface area (Å²) in [7, 11) is 0. The fourth-order valence-electron chi connectivity index (χ4n) is 2.43. The lowest BCUT2D eigenvalue weighted by atomic mass is 9.91. The van der Waals surface area contributed by atoms with Gasteiger partial charge in [-0.1, -0.05) is 26.0 Å². The van der Waals surface area contributed by atoms with Crippen LogP contribution in [0.2, 0.25) is 0 Å². The zero-order valence-electron chi connectivity index (χ0n) is 12.3. The summed E-state index contributed by atoms with van der Waals surface area (Å²) in [4.78, 5) is 4.46. The smallest absolute Gasteiger partial charge is 0.124 e. The number of benzene rings is 1. The Hall–Kier alpha value is -1.01. The van der Waals surface area contributed by atoms with Crippen molar-refractivity contribution in [3.05, 3.63) is 63.2 Å². The van der Waals surface area contributed by atoms with Crippen LogP contribution in [0.3, 0.4) is 0 Å². The third kappa shape index (κ3) is 4.23. The predicted octanol–water partition coefficient (Wildman–Crippen LogP) is 4.67. The van der Waals surface area contributed by atoms with Gasteiger partial charge in [-0.25, -0.2) is 4.39 Å². The number of hydrogen-bond donors (Lipinski definition) is 1. The van der Waals surface area contributed by atoms with Crippen LogP contribution in [0, 0.1) is 9.39 Å². The third-order valence-electron chi connectivity index (χ3n) is 3.57. The van der Waals surface area contributed by atoms with E-state index in [1.165, 1.54) is 6.07 Å². The number of pyridine rings is 1. The van der Waals surface area contributed by atoms with E-state index in [1.54, 1.807) is 6.07 Å². The summed E-state index contributed by atoms with van der Waals surface area (Å²) in [6.07, 6.45) is 2.88. The molecule has 4 heteroatoms. The number of halogens is 2. The molecule has 1 N–H and O–H groups in total. The molecular weight excluding hydrogens is 378 g/mol. The van der Waals surface area contributed by atoms with E-state index in [1.807, 2.05) is 30.5 Å². The van der Waals surface area contributed by atoms with Crippen molar-refractivity contribution in [1.82, 2.24) is 10.3 Å². The lowest BCUT2D eigenvalue weighted by Gasteiger charge is -2.26. The van der Waals surface area contributed by atoms with Crippen LogP contribution in [0.5, 0.6) is 0 Å². The summed E-state index contributed by atoms with van der Waals surface area (Å²) in [5.74, 6) is 0.0274.